The van der Waals surface area contributed by atoms with E-state index in [1.54, 1.807) is 42.7 Å². The molecule has 0 saturated carbocycles. The Bertz CT molecular complexity index is 672. The SMILES string of the molecule is CCC(=NNC(=O)c1ccncc1)c1ccc(Cl)cc1Cl. The number of pyridine rings is 1. The van der Waals surface area contributed by atoms with Crippen LogP contribution in [0, 0.1) is 0 Å². The summed E-state index contributed by atoms with van der Waals surface area (Å²) < 4.78 is 0. The second kappa shape index (κ2) is 7.20. The minimum absolute atomic E-state index is 0.298. The van der Waals surface area contributed by atoms with Crippen molar-refractivity contribution in [1.29, 1.82) is 0 Å². The Balaban J connectivity index is 2.19. The molecule has 6 heteroatoms. The van der Waals surface area contributed by atoms with Gasteiger partial charge in [0.2, 0.25) is 0 Å². The van der Waals surface area contributed by atoms with Crippen molar-refractivity contribution in [3.8, 4) is 0 Å². The molecule has 1 amide bonds. The third-order valence-corrected chi connectivity index (χ3v) is 3.36. The molecule has 1 heterocycles. The molecule has 2 rings (SSSR count). The van der Waals surface area contributed by atoms with E-state index < -0.39 is 0 Å². The molecular weight excluding hydrogens is 309 g/mol. The topological polar surface area (TPSA) is 54.4 Å². The summed E-state index contributed by atoms with van der Waals surface area (Å²) in [6.45, 7) is 1.93. The Morgan fingerprint density at radius 2 is 1.95 bits per heavy atom. The molecule has 0 aliphatic heterocycles. The van der Waals surface area contributed by atoms with Crippen molar-refractivity contribution < 1.29 is 4.79 Å². The number of aromatic nitrogens is 1. The maximum Gasteiger partial charge on any atom is 0.271 e. The number of rotatable bonds is 4. The third kappa shape index (κ3) is 4.03. The maximum absolute atomic E-state index is 11.9. The van der Waals surface area contributed by atoms with Crippen molar-refractivity contribution in [2.24, 2.45) is 5.10 Å². The van der Waals surface area contributed by atoms with Crippen LogP contribution in [0.25, 0.3) is 0 Å². The Morgan fingerprint density at radius 3 is 2.57 bits per heavy atom. The van der Waals surface area contributed by atoms with Gasteiger partial charge in [0.15, 0.2) is 0 Å². The smallest absolute Gasteiger partial charge is 0.267 e. The highest BCUT2D eigenvalue weighted by Gasteiger charge is 2.09. The zero-order valence-electron chi connectivity index (χ0n) is 11.3. The molecule has 4 nitrogen and oxygen atoms in total. The quantitative estimate of drug-likeness (QED) is 0.685. The lowest BCUT2D eigenvalue weighted by atomic mass is 10.1. The van der Waals surface area contributed by atoms with Gasteiger partial charge in [0.1, 0.15) is 0 Å². The Labute approximate surface area is 132 Å². The van der Waals surface area contributed by atoms with Crippen molar-refractivity contribution in [2.45, 2.75) is 13.3 Å². The van der Waals surface area contributed by atoms with E-state index in [-0.39, 0.29) is 5.91 Å². The summed E-state index contributed by atoms with van der Waals surface area (Å²) in [4.78, 5) is 15.8. The van der Waals surface area contributed by atoms with Gasteiger partial charge in [-0.1, -0.05) is 36.2 Å². The molecule has 1 aromatic carbocycles. The fourth-order valence-electron chi connectivity index (χ4n) is 1.74. The van der Waals surface area contributed by atoms with Gasteiger partial charge in [0.25, 0.3) is 5.91 Å². The van der Waals surface area contributed by atoms with E-state index in [4.69, 9.17) is 23.2 Å². The molecule has 0 spiro atoms. The number of benzene rings is 1. The van der Waals surface area contributed by atoms with Crippen LogP contribution in [0.5, 0.6) is 0 Å². The van der Waals surface area contributed by atoms with Gasteiger partial charge < -0.3 is 0 Å². The number of hydrogen-bond donors (Lipinski definition) is 1. The van der Waals surface area contributed by atoms with Crippen LogP contribution in [0.1, 0.15) is 29.3 Å². The molecule has 0 unspecified atom stereocenters. The summed E-state index contributed by atoms with van der Waals surface area (Å²) in [6, 6.07) is 8.40. The molecule has 1 N–H and O–H groups in total. The highest BCUT2D eigenvalue weighted by molar-refractivity contribution is 6.37. The number of carbonyl (C=O) groups excluding carboxylic acids is 1. The van der Waals surface area contributed by atoms with Crippen LogP contribution in [-0.4, -0.2) is 16.6 Å². The number of halogens is 2. The van der Waals surface area contributed by atoms with Gasteiger partial charge in [-0.3, -0.25) is 9.78 Å². The number of hydrogen-bond acceptors (Lipinski definition) is 3. The van der Waals surface area contributed by atoms with E-state index in [1.165, 1.54) is 0 Å². The van der Waals surface area contributed by atoms with Gasteiger partial charge in [0, 0.05) is 28.5 Å². The molecule has 2 aromatic rings. The van der Waals surface area contributed by atoms with Crippen LogP contribution in [-0.2, 0) is 0 Å². The van der Waals surface area contributed by atoms with Crippen molar-refractivity contribution >= 4 is 34.8 Å². The average molecular weight is 322 g/mol. The first kappa shape index (κ1) is 15.5. The molecule has 108 valence electrons. The molecule has 1 aromatic heterocycles. The largest absolute Gasteiger partial charge is 0.271 e. The van der Waals surface area contributed by atoms with Crippen molar-refractivity contribution in [3.63, 3.8) is 0 Å². The highest BCUT2D eigenvalue weighted by atomic mass is 35.5. The highest BCUT2D eigenvalue weighted by Crippen LogP contribution is 2.22. The fourth-order valence-corrected chi connectivity index (χ4v) is 2.26. The van der Waals surface area contributed by atoms with Gasteiger partial charge in [-0.15, -0.1) is 0 Å². The predicted octanol–water partition coefficient (Wildman–Crippen LogP) is 3.93. The van der Waals surface area contributed by atoms with E-state index in [0.717, 1.165) is 5.56 Å². The van der Waals surface area contributed by atoms with Crippen LogP contribution in [0.4, 0.5) is 0 Å². The van der Waals surface area contributed by atoms with E-state index in [9.17, 15) is 4.79 Å². The minimum Gasteiger partial charge on any atom is -0.267 e. The molecule has 0 aliphatic carbocycles. The summed E-state index contributed by atoms with van der Waals surface area (Å²) in [7, 11) is 0. The van der Waals surface area contributed by atoms with E-state index in [2.05, 4.69) is 15.5 Å². The number of hydrazone groups is 1. The van der Waals surface area contributed by atoms with Crippen molar-refractivity contribution in [2.75, 3.05) is 0 Å². The lowest BCUT2D eigenvalue weighted by Crippen LogP contribution is -2.20. The average Bonchev–Trinajstić information content (AvgIpc) is 2.50. The van der Waals surface area contributed by atoms with Gasteiger partial charge in [-0.25, -0.2) is 5.43 Å². The predicted molar refractivity (Wildman–Crippen MR) is 85.0 cm³/mol. The van der Waals surface area contributed by atoms with Crippen LogP contribution >= 0.6 is 23.2 Å². The van der Waals surface area contributed by atoms with Gasteiger partial charge >= 0.3 is 0 Å². The zero-order chi connectivity index (χ0) is 15.2. The number of carbonyl (C=O) groups is 1. The van der Waals surface area contributed by atoms with Gasteiger partial charge in [0.05, 0.1) is 10.7 Å². The fraction of sp³-hybridized carbons (Fsp3) is 0.133. The maximum atomic E-state index is 11.9. The first-order valence-corrected chi connectivity index (χ1v) is 7.09. The number of nitrogens with one attached hydrogen (secondary N) is 1. The Hall–Kier alpha value is -1.91. The monoisotopic (exact) mass is 321 g/mol. The van der Waals surface area contributed by atoms with E-state index in [1.807, 2.05) is 6.92 Å². The third-order valence-electron chi connectivity index (χ3n) is 2.81. The Morgan fingerprint density at radius 1 is 1.24 bits per heavy atom. The van der Waals surface area contributed by atoms with Crippen molar-refractivity contribution in [3.05, 3.63) is 63.9 Å². The van der Waals surface area contributed by atoms with Crippen LogP contribution in [0.2, 0.25) is 10.0 Å². The molecule has 0 radical (unpaired) electrons. The van der Waals surface area contributed by atoms with Crippen LogP contribution in [0.15, 0.2) is 47.8 Å². The molecule has 0 aliphatic rings. The zero-order valence-corrected chi connectivity index (χ0v) is 12.8. The lowest BCUT2D eigenvalue weighted by Gasteiger charge is -2.07. The summed E-state index contributed by atoms with van der Waals surface area (Å²) in [5.41, 5.74) is 4.44. The first-order chi connectivity index (χ1) is 10.1. The second-order valence-corrected chi connectivity index (χ2v) is 5.06. The summed E-state index contributed by atoms with van der Waals surface area (Å²) in [5.74, 6) is -0.298. The van der Waals surface area contributed by atoms with E-state index in [0.29, 0.717) is 27.7 Å². The second-order valence-electron chi connectivity index (χ2n) is 4.21. The van der Waals surface area contributed by atoms with Crippen LogP contribution < -0.4 is 5.43 Å². The number of nitrogens with zero attached hydrogens (tertiary/aromatic N) is 2. The van der Waals surface area contributed by atoms with Crippen LogP contribution in [0.3, 0.4) is 0 Å². The standard InChI is InChI=1S/C15H13Cl2N3O/c1-2-14(12-4-3-11(16)9-13(12)17)19-20-15(21)10-5-7-18-8-6-10/h3-9H,2H2,1H3,(H,20,21). The Kier molecular flexibility index (Phi) is 5.31. The number of amides is 1. The first-order valence-electron chi connectivity index (χ1n) is 6.34. The minimum atomic E-state index is -0.298. The lowest BCUT2D eigenvalue weighted by molar-refractivity contribution is 0.0954. The summed E-state index contributed by atoms with van der Waals surface area (Å²) in [6.07, 6.45) is 3.73. The van der Waals surface area contributed by atoms with E-state index >= 15 is 0 Å². The van der Waals surface area contributed by atoms with Crippen molar-refractivity contribution in [1.82, 2.24) is 10.4 Å². The summed E-state index contributed by atoms with van der Waals surface area (Å²) in [5, 5.41) is 5.21. The molecule has 0 bridgehead atoms. The van der Waals surface area contributed by atoms with Gasteiger partial charge in [-0.2, -0.15) is 5.10 Å². The molecule has 0 fully saturated rings. The molecule has 21 heavy (non-hydrogen) atoms. The molecular formula is C15H13Cl2N3O. The molecule has 0 saturated heterocycles. The normalized spacial score (nSPS) is 11.3. The molecule has 0 atom stereocenters. The summed E-state index contributed by atoms with van der Waals surface area (Å²) >= 11 is 12.0. The van der Waals surface area contributed by atoms with Gasteiger partial charge in [-0.05, 0) is 30.7 Å².